The van der Waals surface area contributed by atoms with Crippen LogP contribution in [0.25, 0.3) is 17.1 Å². The first-order chi connectivity index (χ1) is 11.2. The third kappa shape index (κ3) is 2.90. The number of rotatable bonds is 2. The predicted molar refractivity (Wildman–Crippen MR) is 96.0 cm³/mol. The second-order valence-electron chi connectivity index (χ2n) is 5.04. The van der Waals surface area contributed by atoms with Crippen LogP contribution in [0.5, 0.6) is 0 Å². The molecule has 4 rings (SSSR count). The first-order valence-electron chi connectivity index (χ1n) is 7.03. The van der Waals surface area contributed by atoms with Gasteiger partial charge in [0.1, 0.15) is 0 Å². The molecule has 3 aromatic rings. The summed E-state index contributed by atoms with van der Waals surface area (Å²) in [5.74, 6) is 1.57. The Hall–Kier alpha value is -1.75. The molecule has 0 saturated carbocycles. The normalized spacial score (nSPS) is 13.6. The molecule has 0 aliphatic carbocycles. The van der Waals surface area contributed by atoms with E-state index in [0.717, 1.165) is 32.8 Å². The number of hydrogen-bond acceptors (Lipinski definition) is 3. The van der Waals surface area contributed by atoms with E-state index in [9.17, 15) is 0 Å². The smallest absolute Gasteiger partial charge is 0.191 e. The molecule has 2 aromatic carbocycles. The van der Waals surface area contributed by atoms with Gasteiger partial charge in [0.15, 0.2) is 11.0 Å². The second-order valence-corrected chi connectivity index (χ2v) is 6.90. The van der Waals surface area contributed by atoms with Crippen molar-refractivity contribution >= 4 is 40.7 Å². The minimum atomic E-state index is 0.700. The van der Waals surface area contributed by atoms with Crippen LogP contribution >= 0.6 is 35.0 Å². The van der Waals surface area contributed by atoms with Gasteiger partial charge < -0.3 is 0 Å². The molecule has 0 atom stereocenters. The summed E-state index contributed by atoms with van der Waals surface area (Å²) in [7, 11) is 0. The Morgan fingerprint density at radius 1 is 0.870 bits per heavy atom. The monoisotopic (exact) mass is 359 g/mol. The number of thioether (sulfide) groups is 1. The molecule has 0 spiro atoms. The fraction of sp³-hybridized carbons (Fsp3) is 0.0588. The molecule has 114 valence electrons. The molecule has 0 radical (unpaired) electrons. The summed E-state index contributed by atoms with van der Waals surface area (Å²) in [5.41, 5.74) is 3.05. The predicted octanol–water partition coefficient (Wildman–Crippen LogP) is 5.25. The Bertz CT molecular complexity index is 883. The lowest BCUT2D eigenvalue weighted by molar-refractivity contribution is 0.801. The van der Waals surface area contributed by atoms with Crippen LogP contribution in [0.15, 0.2) is 59.8 Å². The molecule has 0 bridgehead atoms. The van der Waals surface area contributed by atoms with Crippen LogP contribution in [0.2, 0.25) is 10.0 Å². The molecule has 0 unspecified atom stereocenters. The molecular weight excluding hydrogens is 349 g/mol. The third-order valence-corrected chi connectivity index (χ3v) is 4.90. The van der Waals surface area contributed by atoms with E-state index >= 15 is 0 Å². The van der Waals surface area contributed by atoms with Gasteiger partial charge in [-0.15, -0.1) is 5.10 Å². The van der Waals surface area contributed by atoms with Gasteiger partial charge in [-0.3, -0.25) is 0 Å². The summed E-state index contributed by atoms with van der Waals surface area (Å²) in [6, 6.07) is 15.3. The summed E-state index contributed by atoms with van der Waals surface area (Å²) in [6.45, 7) is 0. The van der Waals surface area contributed by atoms with E-state index in [2.05, 4.69) is 16.2 Å². The lowest BCUT2D eigenvalue weighted by Crippen LogP contribution is -2.07. The number of nitrogens with zero attached hydrogens (tertiary/aromatic N) is 3. The summed E-state index contributed by atoms with van der Waals surface area (Å²) in [6.07, 6.45) is 2.15. The van der Waals surface area contributed by atoms with Gasteiger partial charge in [-0.25, -0.2) is 9.67 Å². The molecular formula is C17H11Cl2N3S. The van der Waals surface area contributed by atoms with Crippen LogP contribution in [0.3, 0.4) is 0 Å². The van der Waals surface area contributed by atoms with E-state index in [1.807, 2.05) is 53.2 Å². The van der Waals surface area contributed by atoms with Crippen molar-refractivity contribution in [3.05, 3.63) is 70.2 Å². The van der Waals surface area contributed by atoms with Crippen molar-refractivity contribution in [2.24, 2.45) is 0 Å². The Kier molecular flexibility index (Phi) is 3.89. The van der Waals surface area contributed by atoms with E-state index in [-0.39, 0.29) is 0 Å². The topological polar surface area (TPSA) is 30.7 Å². The highest BCUT2D eigenvalue weighted by atomic mass is 35.5. The van der Waals surface area contributed by atoms with E-state index in [1.165, 1.54) is 0 Å². The van der Waals surface area contributed by atoms with Crippen LogP contribution in [0, 0.1) is 0 Å². The zero-order chi connectivity index (χ0) is 15.8. The van der Waals surface area contributed by atoms with Gasteiger partial charge in [0.2, 0.25) is 0 Å². The van der Waals surface area contributed by atoms with Crippen molar-refractivity contribution in [1.82, 2.24) is 14.8 Å². The lowest BCUT2D eigenvalue weighted by atomic mass is 10.1. The molecule has 0 amide bonds. The Morgan fingerprint density at radius 3 is 2.13 bits per heavy atom. The van der Waals surface area contributed by atoms with Crippen molar-refractivity contribution in [1.29, 1.82) is 0 Å². The van der Waals surface area contributed by atoms with Crippen molar-refractivity contribution in [2.75, 3.05) is 5.75 Å². The molecule has 23 heavy (non-hydrogen) atoms. The van der Waals surface area contributed by atoms with Crippen molar-refractivity contribution in [3.63, 3.8) is 0 Å². The van der Waals surface area contributed by atoms with E-state index in [1.54, 1.807) is 11.8 Å². The average Bonchev–Trinajstić information content (AvgIpc) is 3.00. The number of benzene rings is 2. The minimum absolute atomic E-state index is 0.700. The maximum atomic E-state index is 5.98. The number of fused-ring (bicyclic) bond motifs is 1. The molecule has 0 saturated heterocycles. The second kappa shape index (κ2) is 6.04. The first-order valence-corrected chi connectivity index (χ1v) is 8.77. The van der Waals surface area contributed by atoms with Gasteiger partial charge >= 0.3 is 0 Å². The fourth-order valence-corrected chi connectivity index (χ4v) is 3.47. The largest absolute Gasteiger partial charge is 0.207 e. The molecule has 1 aromatic heterocycles. The molecule has 1 aliphatic heterocycles. The number of aromatic nitrogens is 3. The summed E-state index contributed by atoms with van der Waals surface area (Å²) in [4.78, 5) is 4.65. The highest BCUT2D eigenvalue weighted by Crippen LogP contribution is 2.32. The Balaban J connectivity index is 1.76. The maximum Gasteiger partial charge on any atom is 0.191 e. The highest BCUT2D eigenvalue weighted by Gasteiger charge is 2.19. The van der Waals surface area contributed by atoms with Crippen LogP contribution < -0.4 is 0 Å². The van der Waals surface area contributed by atoms with E-state index in [0.29, 0.717) is 10.8 Å². The highest BCUT2D eigenvalue weighted by molar-refractivity contribution is 7.99. The molecule has 3 nitrogen and oxygen atoms in total. The van der Waals surface area contributed by atoms with Gasteiger partial charge in [-0.05, 0) is 42.5 Å². The van der Waals surface area contributed by atoms with Gasteiger partial charge in [-0.2, -0.15) is 0 Å². The van der Waals surface area contributed by atoms with Crippen molar-refractivity contribution in [3.8, 4) is 11.4 Å². The lowest BCUT2D eigenvalue weighted by Gasteiger charge is -2.14. The fourth-order valence-electron chi connectivity index (χ4n) is 2.41. The summed E-state index contributed by atoms with van der Waals surface area (Å²) < 4.78 is 1.89. The zero-order valence-electron chi connectivity index (χ0n) is 11.9. The SMILES string of the molecule is Clc1ccc(C2=CCSc3nc(-c4ccc(Cl)cc4)nn32)cc1. The molecule has 0 N–H and O–H groups in total. The standard InChI is InChI=1S/C17H11Cl2N3S/c18-13-5-1-11(2-6-13)15-9-10-23-17-20-16(21-22(15)17)12-3-7-14(19)8-4-12/h1-9H,10H2. The van der Waals surface area contributed by atoms with Gasteiger partial charge in [-0.1, -0.05) is 47.1 Å². The van der Waals surface area contributed by atoms with Crippen LogP contribution in [0.1, 0.15) is 5.56 Å². The van der Waals surface area contributed by atoms with E-state index < -0.39 is 0 Å². The van der Waals surface area contributed by atoms with E-state index in [4.69, 9.17) is 23.2 Å². The maximum absolute atomic E-state index is 5.98. The quantitative estimate of drug-likeness (QED) is 0.626. The number of hydrogen-bond donors (Lipinski definition) is 0. The zero-order valence-corrected chi connectivity index (χ0v) is 14.2. The van der Waals surface area contributed by atoms with Crippen LogP contribution in [-0.2, 0) is 0 Å². The van der Waals surface area contributed by atoms with Gasteiger partial charge in [0.25, 0.3) is 0 Å². The molecule has 0 fully saturated rings. The Morgan fingerprint density at radius 2 is 1.48 bits per heavy atom. The molecule has 1 aliphatic rings. The minimum Gasteiger partial charge on any atom is -0.207 e. The van der Waals surface area contributed by atoms with Crippen LogP contribution in [-0.4, -0.2) is 20.5 Å². The van der Waals surface area contributed by atoms with Gasteiger partial charge in [0, 0.05) is 26.9 Å². The molecule has 2 heterocycles. The molecule has 6 heteroatoms. The number of halogens is 2. The first kappa shape index (κ1) is 14.8. The third-order valence-electron chi connectivity index (χ3n) is 3.54. The van der Waals surface area contributed by atoms with Gasteiger partial charge in [0.05, 0.1) is 5.70 Å². The van der Waals surface area contributed by atoms with Crippen molar-refractivity contribution in [2.45, 2.75) is 5.16 Å². The van der Waals surface area contributed by atoms with Crippen molar-refractivity contribution < 1.29 is 0 Å². The summed E-state index contributed by atoms with van der Waals surface area (Å²) >= 11 is 13.6. The average molecular weight is 360 g/mol. The Labute approximate surface area is 148 Å². The van der Waals surface area contributed by atoms with Crippen LogP contribution in [0.4, 0.5) is 0 Å². The summed E-state index contributed by atoms with van der Waals surface area (Å²) in [5, 5.41) is 6.99.